The van der Waals surface area contributed by atoms with Crippen molar-refractivity contribution in [1.82, 2.24) is 9.80 Å². The highest BCUT2D eigenvalue weighted by Crippen LogP contribution is 2.31. The first-order valence-corrected chi connectivity index (χ1v) is 13.0. The van der Waals surface area contributed by atoms with Gasteiger partial charge in [-0.2, -0.15) is 0 Å². The van der Waals surface area contributed by atoms with E-state index in [1.807, 2.05) is 12.1 Å². The number of anilines is 2. The molecule has 0 aliphatic carbocycles. The van der Waals surface area contributed by atoms with Gasteiger partial charge in [0.15, 0.2) is 0 Å². The molecule has 2 N–H and O–H groups in total. The topological polar surface area (TPSA) is 62.7 Å². The van der Waals surface area contributed by atoms with E-state index in [1.165, 1.54) is 5.69 Å². The van der Waals surface area contributed by atoms with Gasteiger partial charge in [-0.25, -0.2) is 0 Å². The second kappa shape index (κ2) is 10.3. The van der Waals surface area contributed by atoms with E-state index in [-0.39, 0.29) is 0 Å². The third kappa shape index (κ3) is 5.92. The Morgan fingerprint density at radius 3 is 2.03 bits per heavy atom. The number of ether oxygens (including phenoxy) is 1. The Balaban J connectivity index is 1.08. The minimum absolute atomic E-state index is 0.642. The zero-order chi connectivity index (χ0) is 24.3. The van der Waals surface area contributed by atoms with Crippen LogP contribution in [0.5, 0.6) is 5.75 Å². The van der Waals surface area contributed by atoms with Crippen LogP contribution in [0.25, 0.3) is 0 Å². The molecule has 2 aromatic rings. The fraction of sp³-hybridized carbons (Fsp3) is 0.571. The Hall–Kier alpha value is -2.32. The van der Waals surface area contributed by atoms with Crippen molar-refractivity contribution in [2.75, 3.05) is 82.4 Å². The summed E-state index contributed by atoms with van der Waals surface area (Å²) in [5.41, 5.74) is 1.05. The Bertz CT molecular complexity index is 958. The van der Waals surface area contributed by atoms with Gasteiger partial charge >= 0.3 is 0 Å². The molecule has 1 atom stereocenters. The summed E-state index contributed by atoms with van der Waals surface area (Å²) in [4.78, 5) is 9.44. The quantitative estimate of drug-likeness (QED) is 0.631. The number of rotatable bonds is 7. The summed E-state index contributed by atoms with van der Waals surface area (Å²) in [6.45, 7) is 8.44. The zero-order valence-electron chi connectivity index (χ0n) is 21.0. The number of likely N-dealkylation sites (tertiary alicyclic amines) is 1. The lowest BCUT2D eigenvalue weighted by Gasteiger charge is -2.42. The molecule has 0 amide bonds. The molecule has 3 heterocycles. The Labute approximate surface area is 209 Å². The smallest absolute Gasteiger partial charge is 0.120 e. The number of hydrogen-bond donors (Lipinski definition) is 2. The fourth-order valence-corrected chi connectivity index (χ4v) is 5.99. The van der Waals surface area contributed by atoms with Gasteiger partial charge in [0, 0.05) is 82.9 Å². The standard InChI is InChI=1S/C28H40N4O3/c1-35-26-9-5-8-25(20-26)31-14-11-27(33,12-15-31)21-30-13-10-28(34,23-30)22-29-16-18-32(19-17-29)24-6-3-2-4-7-24/h2-9,20,33-34H,10-19,21-23H2,1H3. The average molecular weight is 481 g/mol. The van der Waals surface area contributed by atoms with Crippen LogP contribution in [-0.2, 0) is 0 Å². The molecular weight excluding hydrogens is 440 g/mol. The van der Waals surface area contributed by atoms with E-state index in [0.717, 1.165) is 76.5 Å². The van der Waals surface area contributed by atoms with E-state index < -0.39 is 11.2 Å². The fourth-order valence-electron chi connectivity index (χ4n) is 5.99. The summed E-state index contributed by atoms with van der Waals surface area (Å²) in [6, 6.07) is 18.7. The molecule has 190 valence electrons. The molecule has 0 spiro atoms. The van der Waals surface area contributed by atoms with E-state index in [1.54, 1.807) is 7.11 Å². The van der Waals surface area contributed by atoms with Gasteiger partial charge in [-0.05, 0) is 43.5 Å². The van der Waals surface area contributed by atoms with Crippen molar-refractivity contribution in [3.8, 4) is 5.75 Å². The van der Waals surface area contributed by atoms with Crippen molar-refractivity contribution in [2.24, 2.45) is 0 Å². The SMILES string of the molecule is COc1cccc(N2CCC(O)(CN3CCC(O)(CN4CCN(c5ccccc5)CC4)C3)CC2)c1. The number of piperazine rings is 1. The van der Waals surface area contributed by atoms with E-state index >= 15 is 0 Å². The molecule has 3 saturated heterocycles. The molecule has 3 aliphatic rings. The van der Waals surface area contributed by atoms with Gasteiger partial charge in [0.1, 0.15) is 5.75 Å². The Morgan fingerprint density at radius 1 is 0.686 bits per heavy atom. The van der Waals surface area contributed by atoms with Gasteiger partial charge in [0.2, 0.25) is 0 Å². The van der Waals surface area contributed by atoms with Crippen molar-refractivity contribution < 1.29 is 14.9 Å². The number of piperidine rings is 1. The van der Waals surface area contributed by atoms with E-state index in [9.17, 15) is 10.2 Å². The van der Waals surface area contributed by atoms with Crippen molar-refractivity contribution in [3.05, 3.63) is 54.6 Å². The van der Waals surface area contributed by atoms with Crippen LogP contribution < -0.4 is 14.5 Å². The number of aliphatic hydroxyl groups is 2. The second-order valence-electron chi connectivity index (χ2n) is 10.7. The molecule has 3 fully saturated rings. The monoisotopic (exact) mass is 480 g/mol. The molecule has 0 bridgehead atoms. The summed E-state index contributed by atoms with van der Waals surface area (Å²) >= 11 is 0. The van der Waals surface area contributed by atoms with E-state index in [4.69, 9.17) is 4.74 Å². The normalized spacial score (nSPS) is 25.7. The summed E-state index contributed by atoms with van der Waals surface area (Å²) in [5.74, 6) is 0.862. The van der Waals surface area contributed by atoms with Crippen molar-refractivity contribution in [1.29, 1.82) is 0 Å². The lowest BCUT2D eigenvalue weighted by Crippen LogP contribution is -2.54. The number of hydrogen-bond acceptors (Lipinski definition) is 7. The Morgan fingerprint density at radius 2 is 1.31 bits per heavy atom. The van der Waals surface area contributed by atoms with Crippen LogP contribution in [0.3, 0.4) is 0 Å². The lowest BCUT2D eigenvalue weighted by molar-refractivity contribution is -0.0260. The largest absolute Gasteiger partial charge is 0.497 e. The maximum Gasteiger partial charge on any atom is 0.120 e. The van der Waals surface area contributed by atoms with Gasteiger partial charge in [0.05, 0.1) is 18.3 Å². The van der Waals surface area contributed by atoms with Crippen molar-refractivity contribution in [2.45, 2.75) is 30.5 Å². The zero-order valence-corrected chi connectivity index (χ0v) is 21.0. The molecule has 3 aliphatic heterocycles. The number of β-amino-alcohol motifs (C(OH)–C–C–N with tert-alkyl or cyclic N) is 2. The predicted octanol–water partition coefficient (Wildman–Crippen LogP) is 2.29. The first kappa shape index (κ1) is 24.4. The van der Waals surface area contributed by atoms with Crippen LogP contribution in [0, 0.1) is 0 Å². The summed E-state index contributed by atoms with van der Waals surface area (Å²) in [5, 5.41) is 22.7. The van der Waals surface area contributed by atoms with Crippen molar-refractivity contribution >= 4 is 11.4 Å². The van der Waals surface area contributed by atoms with Crippen LogP contribution in [0.15, 0.2) is 54.6 Å². The van der Waals surface area contributed by atoms with Crippen LogP contribution in [-0.4, -0.2) is 104 Å². The minimum Gasteiger partial charge on any atom is -0.497 e. The molecule has 7 heteroatoms. The third-order valence-electron chi connectivity index (χ3n) is 8.05. The van der Waals surface area contributed by atoms with Gasteiger partial charge in [-0.3, -0.25) is 9.80 Å². The second-order valence-corrected chi connectivity index (χ2v) is 10.7. The molecule has 1 unspecified atom stereocenters. The first-order chi connectivity index (χ1) is 16.9. The Kier molecular flexibility index (Phi) is 7.21. The molecule has 7 nitrogen and oxygen atoms in total. The maximum absolute atomic E-state index is 11.4. The molecule has 5 rings (SSSR count). The van der Waals surface area contributed by atoms with E-state index in [2.05, 4.69) is 62.1 Å². The molecular formula is C28H40N4O3. The van der Waals surface area contributed by atoms with E-state index in [0.29, 0.717) is 19.6 Å². The number of methoxy groups -OCH3 is 1. The highest BCUT2D eigenvalue weighted by molar-refractivity contribution is 5.51. The number of nitrogens with zero attached hydrogens (tertiary/aromatic N) is 4. The molecule has 0 aromatic heterocycles. The lowest BCUT2D eigenvalue weighted by atomic mass is 9.90. The average Bonchev–Trinajstić information content (AvgIpc) is 3.24. The summed E-state index contributed by atoms with van der Waals surface area (Å²) in [6.07, 6.45) is 2.25. The van der Waals surface area contributed by atoms with Gasteiger partial charge in [-0.1, -0.05) is 24.3 Å². The first-order valence-electron chi connectivity index (χ1n) is 13.0. The van der Waals surface area contributed by atoms with Crippen LogP contribution in [0.4, 0.5) is 11.4 Å². The molecule has 2 aromatic carbocycles. The maximum atomic E-state index is 11.4. The molecule has 35 heavy (non-hydrogen) atoms. The van der Waals surface area contributed by atoms with Crippen LogP contribution in [0.2, 0.25) is 0 Å². The third-order valence-corrected chi connectivity index (χ3v) is 8.05. The van der Waals surface area contributed by atoms with Gasteiger partial charge < -0.3 is 24.7 Å². The molecule has 0 saturated carbocycles. The highest BCUT2D eigenvalue weighted by Gasteiger charge is 2.42. The molecule has 0 radical (unpaired) electrons. The van der Waals surface area contributed by atoms with Gasteiger partial charge in [-0.15, -0.1) is 0 Å². The predicted molar refractivity (Wildman–Crippen MR) is 140 cm³/mol. The number of para-hydroxylation sites is 1. The van der Waals surface area contributed by atoms with Crippen LogP contribution >= 0.6 is 0 Å². The van der Waals surface area contributed by atoms with Crippen molar-refractivity contribution in [3.63, 3.8) is 0 Å². The van der Waals surface area contributed by atoms with Crippen LogP contribution in [0.1, 0.15) is 19.3 Å². The minimum atomic E-state index is -0.693. The van der Waals surface area contributed by atoms with Gasteiger partial charge in [0.25, 0.3) is 0 Å². The number of benzene rings is 2. The highest BCUT2D eigenvalue weighted by atomic mass is 16.5. The summed E-state index contributed by atoms with van der Waals surface area (Å²) < 4.78 is 5.36. The summed E-state index contributed by atoms with van der Waals surface area (Å²) in [7, 11) is 1.69.